The Bertz CT molecular complexity index is 437. The number of carbonyl (C=O) groups is 1. The molecule has 0 radical (unpaired) electrons. The number of rotatable bonds is 5. The molecule has 0 fully saturated rings. The van der Waals surface area contributed by atoms with Crippen LogP contribution >= 0.6 is 39.3 Å². The van der Waals surface area contributed by atoms with Gasteiger partial charge in [0.25, 0.3) is 5.91 Å². The summed E-state index contributed by atoms with van der Waals surface area (Å²) in [4.78, 5) is 13.2. The van der Waals surface area contributed by atoms with Gasteiger partial charge in [0.05, 0.1) is 10.6 Å². The zero-order valence-corrected chi connectivity index (χ0v) is 13.9. The van der Waals surface area contributed by atoms with Crippen molar-refractivity contribution in [1.29, 1.82) is 0 Å². The van der Waals surface area contributed by atoms with E-state index in [1.807, 2.05) is 32.2 Å². The van der Waals surface area contributed by atoms with E-state index in [0.29, 0.717) is 10.6 Å². The Morgan fingerprint density at radius 2 is 2.17 bits per heavy atom. The van der Waals surface area contributed by atoms with Crippen LogP contribution < -0.4 is 5.32 Å². The molecule has 0 aliphatic heterocycles. The van der Waals surface area contributed by atoms with E-state index in [4.69, 9.17) is 11.6 Å². The van der Waals surface area contributed by atoms with Gasteiger partial charge in [-0.05, 0) is 44.7 Å². The molecule has 18 heavy (non-hydrogen) atoms. The van der Waals surface area contributed by atoms with E-state index < -0.39 is 0 Å². The lowest BCUT2D eigenvalue weighted by Crippen LogP contribution is -2.43. The largest absolute Gasteiger partial charge is 0.347 e. The molecule has 100 valence electrons. The van der Waals surface area contributed by atoms with Gasteiger partial charge in [0.2, 0.25) is 0 Å². The molecule has 0 aliphatic rings. The van der Waals surface area contributed by atoms with Crippen molar-refractivity contribution in [2.24, 2.45) is 0 Å². The van der Waals surface area contributed by atoms with Crippen LogP contribution in [0.5, 0.6) is 0 Å². The van der Waals surface area contributed by atoms with E-state index in [1.165, 1.54) is 0 Å². The fraction of sp³-hybridized carbons (Fsp3) is 0.462. The van der Waals surface area contributed by atoms with Crippen molar-refractivity contribution in [2.45, 2.75) is 30.7 Å². The maximum absolute atomic E-state index is 12.2. The number of thioether (sulfide) groups is 1. The van der Waals surface area contributed by atoms with Gasteiger partial charge in [0.1, 0.15) is 0 Å². The maximum atomic E-state index is 12.2. The van der Waals surface area contributed by atoms with Gasteiger partial charge in [-0.1, -0.05) is 27.5 Å². The molecule has 0 atom stereocenters. The van der Waals surface area contributed by atoms with Crippen LogP contribution in [-0.2, 0) is 0 Å². The highest BCUT2D eigenvalue weighted by atomic mass is 79.9. The van der Waals surface area contributed by atoms with Crippen molar-refractivity contribution in [3.63, 3.8) is 0 Å². The number of alkyl halides is 1. The minimum atomic E-state index is -0.251. The number of nitrogens with one attached hydrogen (secondary N) is 1. The first-order valence-electron chi connectivity index (χ1n) is 5.61. The van der Waals surface area contributed by atoms with Crippen LogP contribution in [0.2, 0.25) is 5.02 Å². The molecule has 5 heteroatoms. The topological polar surface area (TPSA) is 29.1 Å². The van der Waals surface area contributed by atoms with Crippen LogP contribution in [0, 0.1) is 0 Å². The highest BCUT2D eigenvalue weighted by Crippen LogP contribution is 2.23. The first-order chi connectivity index (χ1) is 8.39. The zero-order valence-electron chi connectivity index (χ0n) is 10.7. The van der Waals surface area contributed by atoms with Crippen LogP contribution in [0.25, 0.3) is 0 Å². The van der Waals surface area contributed by atoms with E-state index in [9.17, 15) is 4.79 Å². The molecular weight excluding hydrogens is 334 g/mol. The quantitative estimate of drug-likeness (QED) is 0.631. The highest BCUT2D eigenvalue weighted by Gasteiger charge is 2.21. The highest BCUT2D eigenvalue weighted by molar-refractivity contribution is 9.09. The normalized spacial score (nSPS) is 11.4. The van der Waals surface area contributed by atoms with Crippen molar-refractivity contribution >= 4 is 45.2 Å². The molecule has 0 unspecified atom stereocenters. The summed E-state index contributed by atoms with van der Waals surface area (Å²) in [5, 5.41) is 4.34. The van der Waals surface area contributed by atoms with Crippen molar-refractivity contribution in [3.8, 4) is 0 Å². The smallest absolute Gasteiger partial charge is 0.253 e. The summed E-state index contributed by atoms with van der Waals surface area (Å²) in [5.74, 6) is -0.123. The summed E-state index contributed by atoms with van der Waals surface area (Å²) >= 11 is 11.1. The SMILES string of the molecule is CSc1ccc(Cl)c(C(=O)NC(C)(C)CCBr)c1. The summed E-state index contributed by atoms with van der Waals surface area (Å²) in [7, 11) is 0. The van der Waals surface area contributed by atoms with Crippen LogP contribution in [0.3, 0.4) is 0 Å². The minimum Gasteiger partial charge on any atom is -0.347 e. The molecule has 1 N–H and O–H groups in total. The molecule has 1 amide bonds. The first-order valence-corrected chi connectivity index (χ1v) is 8.34. The van der Waals surface area contributed by atoms with Crippen molar-refractivity contribution in [3.05, 3.63) is 28.8 Å². The molecule has 0 saturated heterocycles. The van der Waals surface area contributed by atoms with Crippen molar-refractivity contribution in [2.75, 3.05) is 11.6 Å². The Hall–Kier alpha value is -0.190. The number of amides is 1. The van der Waals surface area contributed by atoms with Crippen molar-refractivity contribution < 1.29 is 4.79 Å². The van der Waals surface area contributed by atoms with E-state index in [1.54, 1.807) is 17.8 Å². The lowest BCUT2D eigenvalue weighted by atomic mass is 10.0. The van der Waals surface area contributed by atoms with Gasteiger partial charge in [0.15, 0.2) is 0 Å². The van der Waals surface area contributed by atoms with Gasteiger partial charge in [-0.15, -0.1) is 11.8 Å². The Morgan fingerprint density at radius 3 is 2.72 bits per heavy atom. The van der Waals surface area contributed by atoms with E-state index in [2.05, 4.69) is 21.2 Å². The summed E-state index contributed by atoms with van der Waals surface area (Å²) in [6.45, 7) is 4.00. The summed E-state index contributed by atoms with van der Waals surface area (Å²) < 4.78 is 0. The number of halogens is 2. The van der Waals surface area contributed by atoms with Gasteiger partial charge < -0.3 is 5.32 Å². The summed E-state index contributed by atoms with van der Waals surface area (Å²) in [6, 6.07) is 5.50. The van der Waals surface area contributed by atoms with Gasteiger partial charge in [0, 0.05) is 15.8 Å². The molecule has 0 saturated carbocycles. The monoisotopic (exact) mass is 349 g/mol. The standard InChI is InChI=1S/C13H17BrClNOS/c1-13(2,6-7-14)16-12(17)10-8-9(18-3)4-5-11(10)15/h4-5,8H,6-7H2,1-3H3,(H,16,17). The van der Waals surface area contributed by atoms with Crippen LogP contribution in [0.4, 0.5) is 0 Å². The van der Waals surface area contributed by atoms with E-state index in [0.717, 1.165) is 16.6 Å². The molecule has 1 aromatic carbocycles. The second-order valence-electron chi connectivity index (χ2n) is 4.62. The van der Waals surface area contributed by atoms with Gasteiger partial charge in [-0.3, -0.25) is 4.79 Å². The number of hydrogen-bond donors (Lipinski definition) is 1. The fourth-order valence-electron chi connectivity index (χ4n) is 1.48. The Balaban J connectivity index is 2.90. The van der Waals surface area contributed by atoms with Crippen LogP contribution in [-0.4, -0.2) is 23.0 Å². The molecule has 0 aliphatic carbocycles. The van der Waals surface area contributed by atoms with Crippen LogP contribution in [0.1, 0.15) is 30.6 Å². The summed E-state index contributed by atoms with van der Waals surface area (Å²) in [5.41, 5.74) is 0.283. The van der Waals surface area contributed by atoms with Crippen molar-refractivity contribution in [1.82, 2.24) is 5.32 Å². The average Bonchev–Trinajstić information content (AvgIpc) is 2.28. The Morgan fingerprint density at radius 1 is 1.50 bits per heavy atom. The van der Waals surface area contributed by atoms with Gasteiger partial charge >= 0.3 is 0 Å². The number of hydrogen-bond acceptors (Lipinski definition) is 2. The maximum Gasteiger partial charge on any atom is 0.253 e. The molecule has 1 aromatic rings. The molecule has 2 nitrogen and oxygen atoms in total. The number of carbonyl (C=O) groups excluding carboxylic acids is 1. The third-order valence-corrected chi connectivity index (χ3v) is 4.04. The first kappa shape index (κ1) is 15.9. The predicted octanol–water partition coefficient (Wildman–Crippen LogP) is 4.36. The lowest BCUT2D eigenvalue weighted by Gasteiger charge is -2.25. The van der Waals surface area contributed by atoms with Gasteiger partial charge in [-0.25, -0.2) is 0 Å². The van der Waals surface area contributed by atoms with E-state index >= 15 is 0 Å². The third-order valence-electron chi connectivity index (χ3n) is 2.59. The second-order valence-corrected chi connectivity index (χ2v) is 6.70. The lowest BCUT2D eigenvalue weighted by molar-refractivity contribution is 0.0912. The molecule has 0 heterocycles. The molecule has 0 spiro atoms. The fourth-order valence-corrected chi connectivity index (χ4v) is 3.11. The minimum absolute atomic E-state index is 0.123. The Kier molecular flexibility index (Phi) is 6.02. The Labute approximate surface area is 126 Å². The van der Waals surface area contributed by atoms with Gasteiger partial charge in [-0.2, -0.15) is 0 Å². The third kappa shape index (κ3) is 4.48. The summed E-state index contributed by atoms with van der Waals surface area (Å²) in [6.07, 6.45) is 2.83. The zero-order chi connectivity index (χ0) is 13.8. The average molecular weight is 351 g/mol. The van der Waals surface area contributed by atoms with E-state index in [-0.39, 0.29) is 11.4 Å². The number of benzene rings is 1. The second kappa shape index (κ2) is 6.83. The predicted molar refractivity (Wildman–Crippen MR) is 83.2 cm³/mol. The van der Waals surface area contributed by atoms with Crippen LogP contribution in [0.15, 0.2) is 23.1 Å². The molecule has 0 aromatic heterocycles. The molecule has 1 rings (SSSR count). The molecule has 0 bridgehead atoms. The molecular formula is C13H17BrClNOS.